The zero-order valence-corrected chi connectivity index (χ0v) is 10.2. The van der Waals surface area contributed by atoms with Gasteiger partial charge in [-0.1, -0.05) is 15.9 Å². The molecule has 0 aliphatic carbocycles. The number of aliphatic hydroxyl groups excluding tert-OH is 1. The summed E-state index contributed by atoms with van der Waals surface area (Å²) < 4.78 is 14.3. The molecule has 4 heteroatoms. The van der Waals surface area contributed by atoms with E-state index in [0.717, 1.165) is 4.47 Å². The molecule has 1 rings (SSSR count). The third kappa shape index (κ3) is 3.26. The molecular formula is C11H15BrFNO. The first-order valence-electron chi connectivity index (χ1n) is 4.82. The Hall–Kier alpha value is -0.450. The molecule has 1 aromatic rings. The summed E-state index contributed by atoms with van der Waals surface area (Å²) in [6.07, 6.45) is 1.12. The molecule has 0 heterocycles. The van der Waals surface area contributed by atoms with Crippen molar-refractivity contribution in [1.29, 1.82) is 0 Å². The van der Waals surface area contributed by atoms with Gasteiger partial charge in [0.15, 0.2) is 0 Å². The van der Waals surface area contributed by atoms with Crippen LogP contribution in [0.4, 0.5) is 4.39 Å². The number of hydrogen-bond acceptors (Lipinski definition) is 2. The highest BCUT2D eigenvalue weighted by Gasteiger charge is 2.24. The van der Waals surface area contributed by atoms with Crippen LogP contribution in [0.5, 0.6) is 0 Å². The summed E-state index contributed by atoms with van der Waals surface area (Å²) in [5, 5.41) is 8.74. The van der Waals surface area contributed by atoms with Crippen LogP contribution >= 0.6 is 15.9 Å². The van der Waals surface area contributed by atoms with Gasteiger partial charge < -0.3 is 10.8 Å². The van der Waals surface area contributed by atoms with Gasteiger partial charge in [-0.3, -0.25) is 0 Å². The minimum Gasteiger partial charge on any atom is -0.396 e. The normalized spacial score (nSPS) is 15.0. The van der Waals surface area contributed by atoms with E-state index in [4.69, 9.17) is 10.8 Å². The van der Waals surface area contributed by atoms with Crippen LogP contribution in [0.1, 0.15) is 25.3 Å². The smallest absolute Gasteiger partial charge is 0.128 e. The Morgan fingerprint density at radius 2 is 2.20 bits per heavy atom. The highest BCUT2D eigenvalue weighted by molar-refractivity contribution is 9.10. The second kappa shape index (κ2) is 5.05. The average molecular weight is 276 g/mol. The van der Waals surface area contributed by atoms with Gasteiger partial charge >= 0.3 is 0 Å². The van der Waals surface area contributed by atoms with Gasteiger partial charge in [-0.05, 0) is 38.0 Å². The van der Waals surface area contributed by atoms with Crippen molar-refractivity contribution >= 4 is 15.9 Å². The molecule has 1 unspecified atom stereocenters. The number of aliphatic hydroxyl groups is 1. The fraction of sp³-hybridized carbons (Fsp3) is 0.455. The van der Waals surface area contributed by atoms with Gasteiger partial charge in [-0.15, -0.1) is 0 Å². The minimum atomic E-state index is -0.739. The Morgan fingerprint density at radius 1 is 1.53 bits per heavy atom. The van der Waals surface area contributed by atoms with Crippen molar-refractivity contribution in [3.63, 3.8) is 0 Å². The second-order valence-electron chi connectivity index (χ2n) is 3.87. The summed E-state index contributed by atoms with van der Waals surface area (Å²) >= 11 is 3.29. The predicted molar refractivity (Wildman–Crippen MR) is 62.0 cm³/mol. The third-order valence-corrected chi connectivity index (χ3v) is 2.89. The molecule has 0 aliphatic heterocycles. The molecule has 0 aliphatic rings. The van der Waals surface area contributed by atoms with E-state index in [1.165, 1.54) is 6.07 Å². The molecule has 15 heavy (non-hydrogen) atoms. The van der Waals surface area contributed by atoms with Gasteiger partial charge in [0.25, 0.3) is 0 Å². The average Bonchev–Trinajstić information content (AvgIpc) is 2.18. The summed E-state index contributed by atoms with van der Waals surface area (Å²) in [6.45, 7) is 1.84. The van der Waals surface area contributed by atoms with Crippen LogP contribution in [0, 0.1) is 5.82 Å². The number of halogens is 2. The molecule has 3 N–H and O–H groups in total. The van der Waals surface area contributed by atoms with Gasteiger partial charge in [0.1, 0.15) is 5.82 Å². The van der Waals surface area contributed by atoms with Crippen LogP contribution in [0.2, 0.25) is 0 Å². The molecule has 0 saturated heterocycles. The number of hydrogen-bond donors (Lipinski definition) is 2. The lowest BCUT2D eigenvalue weighted by molar-refractivity contribution is 0.264. The van der Waals surface area contributed by atoms with Gasteiger partial charge in [0, 0.05) is 22.2 Å². The van der Waals surface area contributed by atoms with E-state index < -0.39 is 5.54 Å². The van der Waals surface area contributed by atoms with Crippen LogP contribution in [0.3, 0.4) is 0 Å². The maximum atomic E-state index is 13.5. The fourth-order valence-electron chi connectivity index (χ4n) is 1.52. The van der Waals surface area contributed by atoms with E-state index in [-0.39, 0.29) is 12.4 Å². The van der Waals surface area contributed by atoms with Crippen LogP contribution in [0.25, 0.3) is 0 Å². The Labute approximate surface area is 97.4 Å². The van der Waals surface area contributed by atoms with Crippen molar-refractivity contribution in [2.75, 3.05) is 6.61 Å². The van der Waals surface area contributed by atoms with Crippen LogP contribution in [-0.2, 0) is 5.54 Å². The van der Waals surface area contributed by atoms with Crippen molar-refractivity contribution < 1.29 is 9.50 Å². The first-order valence-corrected chi connectivity index (χ1v) is 5.62. The third-order valence-electron chi connectivity index (χ3n) is 2.40. The van der Waals surface area contributed by atoms with Gasteiger partial charge in [0.05, 0.1) is 0 Å². The Balaban J connectivity index is 2.97. The van der Waals surface area contributed by atoms with Crippen molar-refractivity contribution in [1.82, 2.24) is 0 Å². The SMILES string of the molecule is CC(N)(CCCO)c1cc(Br)ccc1F. The molecule has 1 aromatic carbocycles. The lowest BCUT2D eigenvalue weighted by atomic mass is 9.88. The lowest BCUT2D eigenvalue weighted by Gasteiger charge is -2.25. The molecule has 0 aromatic heterocycles. The minimum absolute atomic E-state index is 0.0718. The fourth-order valence-corrected chi connectivity index (χ4v) is 1.88. The number of rotatable bonds is 4. The van der Waals surface area contributed by atoms with Crippen molar-refractivity contribution in [2.24, 2.45) is 5.73 Å². The summed E-state index contributed by atoms with van der Waals surface area (Å²) in [4.78, 5) is 0. The zero-order chi connectivity index (χ0) is 11.5. The van der Waals surface area contributed by atoms with E-state index in [9.17, 15) is 4.39 Å². The summed E-state index contributed by atoms with van der Waals surface area (Å²) in [6, 6.07) is 4.72. The first-order chi connectivity index (χ1) is 6.97. The Kier molecular flexibility index (Phi) is 4.25. The molecule has 2 nitrogen and oxygen atoms in total. The highest BCUT2D eigenvalue weighted by atomic mass is 79.9. The largest absolute Gasteiger partial charge is 0.396 e. The van der Waals surface area contributed by atoms with Crippen LogP contribution in [-0.4, -0.2) is 11.7 Å². The molecule has 0 bridgehead atoms. The second-order valence-corrected chi connectivity index (χ2v) is 4.78. The Bertz CT molecular complexity index is 341. The monoisotopic (exact) mass is 275 g/mol. The van der Waals surface area contributed by atoms with Crippen molar-refractivity contribution in [3.8, 4) is 0 Å². The van der Waals surface area contributed by atoms with Crippen molar-refractivity contribution in [3.05, 3.63) is 34.1 Å². The molecule has 0 saturated carbocycles. The maximum absolute atomic E-state index is 13.5. The molecule has 0 amide bonds. The highest BCUT2D eigenvalue weighted by Crippen LogP contribution is 2.28. The molecular weight excluding hydrogens is 261 g/mol. The molecule has 0 spiro atoms. The van der Waals surface area contributed by atoms with E-state index in [1.54, 1.807) is 19.1 Å². The van der Waals surface area contributed by atoms with E-state index >= 15 is 0 Å². The lowest BCUT2D eigenvalue weighted by Crippen LogP contribution is -2.34. The van der Waals surface area contributed by atoms with Crippen LogP contribution in [0.15, 0.2) is 22.7 Å². The number of benzene rings is 1. The summed E-state index contributed by atoms with van der Waals surface area (Å²) in [5.74, 6) is -0.305. The van der Waals surface area contributed by atoms with Gasteiger partial charge in [-0.2, -0.15) is 0 Å². The van der Waals surface area contributed by atoms with E-state index in [2.05, 4.69) is 15.9 Å². The predicted octanol–water partition coefficient (Wildman–Crippen LogP) is 2.53. The first kappa shape index (κ1) is 12.6. The molecule has 1 atom stereocenters. The maximum Gasteiger partial charge on any atom is 0.128 e. The topological polar surface area (TPSA) is 46.2 Å². The quantitative estimate of drug-likeness (QED) is 0.887. The Morgan fingerprint density at radius 3 is 2.80 bits per heavy atom. The standard InChI is InChI=1S/C11H15BrFNO/c1-11(14,5-2-6-15)9-7-8(12)3-4-10(9)13/h3-4,7,15H,2,5-6,14H2,1H3. The van der Waals surface area contributed by atoms with E-state index in [0.29, 0.717) is 18.4 Å². The van der Waals surface area contributed by atoms with Crippen molar-refractivity contribution in [2.45, 2.75) is 25.3 Å². The number of nitrogens with two attached hydrogens (primary N) is 1. The molecule has 84 valence electrons. The van der Waals surface area contributed by atoms with E-state index in [1.807, 2.05) is 0 Å². The zero-order valence-electron chi connectivity index (χ0n) is 8.63. The van der Waals surface area contributed by atoms with Gasteiger partial charge in [0.2, 0.25) is 0 Å². The summed E-state index contributed by atoms with van der Waals surface area (Å²) in [7, 11) is 0. The molecule has 0 radical (unpaired) electrons. The summed E-state index contributed by atoms with van der Waals surface area (Å²) in [5.41, 5.74) is 5.76. The molecule has 0 fully saturated rings. The van der Waals surface area contributed by atoms with Crippen LogP contribution < -0.4 is 5.73 Å². The van der Waals surface area contributed by atoms with Gasteiger partial charge in [-0.25, -0.2) is 4.39 Å².